The number of hydrogen-bond donors (Lipinski definition) is 0. The highest BCUT2D eigenvalue weighted by Gasteiger charge is 2.14. The Kier molecular flexibility index (Phi) is 7.80. The van der Waals surface area contributed by atoms with E-state index in [2.05, 4.69) is 29.2 Å². The maximum Gasteiger partial charge on any atom is 0.222 e. The molecule has 5 heteroatoms. The zero-order valence-corrected chi connectivity index (χ0v) is 17.1. The standard InChI is InChI=1S/C21H26Cl2N2O/c1-4-5-21(26)25(13-12-17-8-9-18(22)14-20(17)23)15-16-6-10-19(11-7-16)24(2)3/h6-11,14H,4-5,12-13,15H2,1-3H3. The Balaban J connectivity index is 2.08. The topological polar surface area (TPSA) is 23.6 Å². The zero-order chi connectivity index (χ0) is 19.1. The van der Waals surface area contributed by atoms with Gasteiger partial charge in [0.15, 0.2) is 0 Å². The average Bonchev–Trinajstić information content (AvgIpc) is 2.60. The van der Waals surface area contributed by atoms with Gasteiger partial charge in [0, 0.05) is 49.3 Å². The lowest BCUT2D eigenvalue weighted by Gasteiger charge is -2.23. The summed E-state index contributed by atoms with van der Waals surface area (Å²) in [6, 6.07) is 13.8. The molecule has 1 amide bonds. The van der Waals surface area contributed by atoms with Gasteiger partial charge in [-0.3, -0.25) is 4.79 Å². The first-order chi connectivity index (χ1) is 12.4. The lowest BCUT2D eigenvalue weighted by Crippen LogP contribution is -2.32. The Morgan fingerprint density at radius 3 is 2.31 bits per heavy atom. The summed E-state index contributed by atoms with van der Waals surface area (Å²) in [4.78, 5) is 16.5. The van der Waals surface area contributed by atoms with E-state index in [1.807, 2.05) is 38.1 Å². The van der Waals surface area contributed by atoms with Crippen LogP contribution in [-0.4, -0.2) is 31.4 Å². The number of rotatable bonds is 8. The number of hydrogen-bond acceptors (Lipinski definition) is 2. The first kappa shape index (κ1) is 20.6. The van der Waals surface area contributed by atoms with E-state index in [0.717, 1.165) is 23.2 Å². The maximum atomic E-state index is 12.5. The van der Waals surface area contributed by atoms with Crippen LogP contribution < -0.4 is 4.90 Å². The second-order valence-corrected chi connectivity index (χ2v) is 7.46. The minimum atomic E-state index is 0.175. The number of carbonyl (C=O) groups excluding carboxylic acids is 1. The fourth-order valence-electron chi connectivity index (χ4n) is 2.76. The number of amides is 1. The Morgan fingerprint density at radius 2 is 1.73 bits per heavy atom. The van der Waals surface area contributed by atoms with Crippen LogP contribution in [0.1, 0.15) is 30.9 Å². The summed E-state index contributed by atoms with van der Waals surface area (Å²) >= 11 is 12.2. The van der Waals surface area contributed by atoms with Gasteiger partial charge in [-0.15, -0.1) is 0 Å². The predicted octanol–water partition coefficient (Wildman–Crippen LogP) is 5.43. The van der Waals surface area contributed by atoms with E-state index >= 15 is 0 Å². The molecule has 0 bridgehead atoms. The van der Waals surface area contributed by atoms with Crippen LogP contribution in [0.4, 0.5) is 5.69 Å². The molecule has 0 radical (unpaired) electrons. The molecule has 0 fully saturated rings. The summed E-state index contributed by atoms with van der Waals surface area (Å²) in [5.41, 5.74) is 3.28. The molecule has 140 valence electrons. The number of nitrogens with zero attached hydrogens (tertiary/aromatic N) is 2. The van der Waals surface area contributed by atoms with Crippen molar-refractivity contribution < 1.29 is 4.79 Å². The van der Waals surface area contributed by atoms with Crippen LogP contribution in [0, 0.1) is 0 Å². The molecule has 2 rings (SSSR count). The number of benzene rings is 2. The summed E-state index contributed by atoms with van der Waals surface area (Å²) < 4.78 is 0. The van der Waals surface area contributed by atoms with Gasteiger partial charge in [-0.2, -0.15) is 0 Å². The van der Waals surface area contributed by atoms with E-state index in [1.165, 1.54) is 0 Å². The Labute approximate surface area is 166 Å². The van der Waals surface area contributed by atoms with E-state index in [1.54, 1.807) is 6.07 Å². The molecule has 0 aromatic heterocycles. The van der Waals surface area contributed by atoms with Gasteiger partial charge in [-0.25, -0.2) is 0 Å². The van der Waals surface area contributed by atoms with Crippen molar-refractivity contribution in [1.82, 2.24) is 4.90 Å². The van der Waals surface area contributed by atoms with Crippen molar-refractivity contribution in [2.24, 2.45) is 0 Å². The van der Waals surface area contributed by atoms with E-state index < -0.39 is 0 Å². The molecule has 0 unspecified atom stereocenters. The first-order valence-electron chi connectivity index (χ1n) is 8.88. The highest BCUT2D eigenvalue weighted by atomic mass is 35.5. The van der Waals surface area contributed by atoms with E-state index in [0.29, 0.717) is 36.0 Å². The van der Waals surface area contributed by atoms with Gasteiger partial charge in [0.2, 0.25) is 5.91 Å². The normalized spacial score (nSPS) is 10.7. The first-order valence-corrected chi connectivity index (χ1v) is 9.64. The van der Waals surface area contributed by atoms with Crippen molar-refractivity contribution in [2.75, 3.05) is 25.5 Å². The van der Waals surface area contributed by atoms with Crippen LogP contribution in [-0.2, 0) is 17.8 Å². The van der Waals surface area contributed by atoms with Crippen LogP contribution in [0.3, 0.4) is 0 Å². The Morgan fingerprint density at radius 1 is 1.04 bits per heavy atom. The SMILES string of the molecule is CCCC(=O)N(CCc1ccc(Cl)cc1Cl)Cc1ccc(N(C)C)cc1. The second-order valence-electron chi connectivity index (χ2n) is 6.61. The molecule has 3 nitrogen and oxygen atoms in total. The van der Waals surface area contributed by atoms with E-state index in [-0.39, 0.29) is 5.91 Å². The summed E-state index contributed by atoms with van der Waals surface area (Å²) in [6.07, 6.45) is 2.11. The van der Waals surface area contributed by atoms with Crippen LogP contribution in [0.5, 0.6) is 0 Å². The van der Waals surface area contributed by atoms with Gasteiger partial charge in [-0.1, -0.05) is 48.3 Å². The third-order valence-corrected chi connectivity index (χ3v) is 4.90. The molecule has 0 aliphatic carbocycles. The summed E-state index contributed by atoms with van der Waals surface area (Å²) in [7, 11) is 4.03. The van der Waals surface area contributed by atoms with Crippen molar-refractivity contribution in [3.63, 3.8) is 0 Å². The quantitative estimate of drug-likeness (QED) is 0.597. The summed E-state index contributed by atoms with van der Waals surface area (Å²) in [5, 5.41) is 1.27. The molecule has 0 saturated heterocycles. The van der Waals surface area contributed by atoms with Crippen molar-refractivity contribution in [3.05, 3.63) is 63.6 Å². The third kappa shape index (κ3) is 5.93. The third-order valence-electron chi connectivity index (χ3n) is 4.31. The molecule has 0 atom stereocenters. The summed E-state index contributed by atoms with van der Waals surface area (Å²) in [5.74, 6) is 0.175. The lowest BCUT2D eigenvalue weighted by molar-refractivity contribution is -0.131. The summed E-state index contributed by atoms with van der Waals surface area (Å²) in [6.45, 7) is 3.27. The van der Waals surface area contributed by atoms with Gasteiger partial charge in [0.1, 0.15) is 0 Å². The second kappa shape index (κ2) is 9.84. The van der Waals surface area contributed by atoms with E-state index in [9.17, 15) is 4.79 Å². The Bertz CT molecular complexity index is 729. The molecule has 0 aliphatic rings. The van der Waals surface area contributed by atoms with Crippen LogP contribution in [0.15, 0.2) is 42.5 Å². The number of anilines is 1. The molecule has 2 aromatic rings. The molecule has 0 spiro atoms. The highest BCUT2D eigenvalue weighted by molar-refractivity contribution is 6.35. The number of halogens is 2. The van der Waals surface area contributed by atoms with Crippen molar-refractivity contribution in [2.45, 2.75) is 32.7 Å². The molecule has 0 saturated carbocycles. The monoisotopic (exact) mass is 392 g/mol. The smallest absolute Gasteiger partial charge is 0.222 e. The van der Waals surface area contributed by atoms with Gasteiger partial charge in [0.25, 0.3) is 0 Å². The van der Waals surface area contributed by atoms with Crippen molar-refractivity contribution >= 4 is 34.8 Å². The molecule has 2 aromatic carbocycles. The van der Waals surface area contributed by atoms with Gasteiger partial charge in [0.05, 0.1) is 0 Å². The molecule has 26 heavy (non-hydrogen) atoms. The van der Waals surface area contributed by atoms with Crippen molar-refractivity contribution in [3.8, 4) is 0 Å². The molecular formula is C21H26Cl2N2O. The Hall–Kier alpha value is -1.71. The van der Waals surface area contributed by atoms with Crippen LogP contribution >= 0.6 is 23.2 Å². The van der Waals surface area contributed by atoms with E-state index in [4.69, 9.17) is 23.2 Å². The van der Waals surface area contributed by atoms with Gasteiger partial charge < -0.3 is 9.80 Å². The largest absolute Gasteiger partial charge is 0.378 e. The van der Waals surface area contributed by atoms with Gasteiger partial charge >= 0.3 is 0 Å². The van der Waals surface area contributed by atoms with Crippen LogP contribution in [0.2, 0.25) is 10.0 Å². The minimum absolute atomic E-state index is 0.175. The highest BCUT2D eigenvalue weighted by Crippen LogP contribution is 2.22. The molecule has 0 N–H and O–H groups in total. The zero-order valence-electron chi connectivity index (χ0n) is 15.6. The minimum Gasteiger partial charge on any atom is -0.378 e. The molecule has 0 aliphatic heterocycles. The fourth-order valence-corrected chi connectivity index (χ4v) is 3.27. The lowest BCUT2D eigenvalue weighted by atomic mass is 10.1. The fraction of sp³-hybridized carbons (Fsp3) is 0.381. The molecule has 0 heterocycles. The maximum absolute atomic E-state index is 12.5. The predicted molar refractivity (Wildman–Crippen MR) is 111 cm³/mol. The average molecular weight is 393 g/mol. The van der Waals surface area contributed by atoms with Crippen LogP contribution in [0.25, 0.3) is 0 Å². The van der Waals surface area contributed by atoms with Crippen molar-refractivity contribution in [1.29, 1.82) is 0 Å². The number of carbonyl (C=O) groups is 1. The molecular weight excluding hydrogens is 367 g/mol. The van der Waals surface area contributed by atoms with Gasteiger partial charge in [-0.05, 0) is 48.2 Å².